The number of nitrogens with one attached hydrogen (secondary N) is 2. The molecule has 390 valence electrons. The molecule has 0 spiro atoms. The van der Waals surface area contributed by atoms with Crippen LogP contribution in [0.1, 0.15) is 57.4 Å². The molecule has 22 heteroatoms. The topological polar surface area (TPSA) is 262 Å². The number of benzene rings is 4. The smallest absolute Gasteiger partial charge is 0.493 e. The molecule has 7 rings (SSSR count). The van der Waals surface area contributed by atoms with Gasteiger partial charge in [0.15, 0.2) is 23.0 Å². The lowest BCUT2D eigenvalue weighted by Gasteiger charge is -2.31. The molecular weight excluding hydrogens is 979 g/mol. The molecular formula is C52H58N7O14S+. The van der Waals surface area contributed by atoms with E-state index in [-0.39, 0.29) is 77.4 Å². The summed E-state index contributed by atoms with van der Waals surface area (Å²) >= 11 is 0. The number of para-hydroxylation sites is 2. The Kier molecular flexibility index (Phi) is 15.5. The van der Waals surface area contributed by atoms with E-state index in [1.807, 2.05) is 99.8 Å². The summed E-state index contributed by atoms with van der Waals surface area (Å²) in [7, 11) is 2.10. The van der Waals surface area contributed by atoms with Gasteiger partial charge in [-0.15, -0.1) is 0 Å². The van der Waals surface area contributed by atoms with E-state index >= 15 is 0 Å². The number of fused-ring (bicyclic) bond motifs is 2. The fourth-order valence-electron chi connectivity index (χ4n) is 9.45. The number of methoxy groups -OCH3 is 1. The third-order valence-electron chi connectivity index (χ3n) is 13.5. The van der Waals surface area contributed by atoms with Crippen molar-refractivity contribution >= 4 is 56.4 Å². The normalized spacial score (nSPS) is 17.4. The van der Waals surface area contributed by atoms with Crippen LogP contribution in [0.25, 0.3) is 0 Å². The molecule has 1 amide bonds. The van der Waals surface area contributed by atoms with Crippen LogP contribution < -0.4 is 29.7 Å². The van der Waals surface area contributed by atoms with E-state index in [4.69, 9.17) is 18.9 Å². The number of ketones is 1. The first-order valence-electron chi connectivity index (χ1n) is 23.4. The predicted molar refractivity (Wildman–Crippen MR) is 274 cm³/mol. The molecule has 0 bridgehead atoms. The van der Waals surface area contributed by atoms with Crippen molar-refractivity contribution in [2.45, 2.75) is 57.6 Å². The van der Waals surface area contributed by atoms with Crippen molar-refractivity contribution in [1.29, 1.82) is 0 Å². The fraction of sp³-hybridized carbons (Fsp3) is 0.346. The Morgan fingerprint density at radius 3 is 2.20 bits per heavy atom. The first-order valence-corrected chi connectivity index (χ1v) is 25.0. The van der Waals surface area contributed by atoms with Crippen LogP contribution in [0.15, 0.2) is 120 Å². The predicted octanol–water partition coefficient (Wildman–Crippen LogP) is 6.84. The van der Waals surface area contributed by atoms with Gasteiger partial charge in [0.25, 0.3) is 21.5 Å². The van der Waals surface area contributed by atoms with E-state index in [1.54, 1.807) is 24.1 Å². The quantitative estimate of drug-likeness (QED) is 0.0156. The summed E-state index contributed by atoms with van der Waals surface area (Å²) in [6.45, 7) is 10.0. The first kappa shape index (κ1) is 53.8. The number of anilines is 1. The number of Topliss-reactive ketones (excluding diaryl/α,β-unsaturated/α-hetero) is 1. The van der Waals surface area contributed by atoms with Gasteiger partial charge in [0.2, 0.25) is 11.6 Å². The highest BCUT2D eigenvalue weighted by molar-refractivity contribution is 7.85. The number of nitro groups is 2. The number of allylic oxidation sites excluding steroid dienone is 5. The minimum atomic E-state index is -4.75. The zero-order valence-corrected chi connectivity index (χ0v) is 43.1. The van der Waals surface area contributed by atoms with Crippen LogP contribution in [0.4, 0.5) is 27.5 Å². The molecule has 4 aromatic carbocycles. The Labute approximate surface area is 427 Å². The van der Waals surface area contributed by atoms with Gasteiger partial charge in [-0.2, -0.15) is 13.0 Å². The second-order valence-electron chi connectivity index (χ2n) is 19.1. The second kappa shape index (κ2) is 21.3. The van der Waals surface area contributed by atoms with Gasteiger partial charge in [-0.25, -0.2) is 4.79 Å². The maximum absolute atomic E-state index is 14.4. The van der Waals surface area contributed by atoms with E-state index in [0.29, 0.717) is 0 Å². The van der Waals surface area contributed by atoms with Gasteiger partial charge >= 0.3 is 6.16 Å². The molecule has 0 saturated heterocycles. The first-order chi connectivity index (χ1) is 34.8. The van der Waals surface area contributed by atoms with E-state index in [0.717, 1.165) is 52.1 Å². The van der Waals surface area contributed by atoms with Gasteiger partial charge in [-0.05, 0) is 63.7 Å². The van der Waals surface area contributed by atoms with Gasteiger partial charge in [-0.1, -0.05) is 50.2 Å². The molecule has 1 aliphatic carbocycles. The van der Waals surface area contributed by atoms with Crippen LogP contribution >= 0.6 is 0 Å². The highest BCUT2D eigenvalue weighted by Gasteiger charge is 2.47. The molecule has 2 atom stereocenters. The Morgan fingerprint density at radius 2 is 1.58 bits per heavy atom. The van der Waals surface area contributed by atoms with Crippen molar-refractivity contribution in [2.24, 2.45) is 0 Å². The molecule has 74 heavy (non-hydrogen) atoms. The Hall–Kier alpha value is -7.95. The van der Waals surface area contributed by atoms with Gasteiger partial charge in [0.05, 0.1) is 45.3 Å². The number of carbonyl (C=O) groups is 3. The molecule has 2 aliphatic heterocycles. The number of nitrogens with zero attached hydrogens (tertiary/aromatic N) is 5. The van der Waals surface area contributed by atoms with E-state index < -0.39 is 66.4 Å². The monoisotopic (exact) mass is 1040 g/mol. The minimum Gasteiger partial charge on any atom is -0.493 e. The lowest BCUT2D eigenvalue weighted by molar-refractivity contribution is -0.401. The van der Waals surface area contributed by atoms with Gasteiger partial charge in [0, 0.05) is 78.9 Å². The summed E-state index contributed by atoms with van der Waals surface area (Å²) in [5, 5.41) is 29.0. The lowest BCUT2D eigenvalue weighted by Crippen LogP contribution is -2.51. The Morgan fingerprint density at radius 1 is 0.919 bits per heavy atom. The van der Waals surface area contributed by atoms with Crippen LogP contribution in [0.3, 0.4) is 0 Å². The van der Waals surface area contributed by atoms with Crippen molar-refractivity contribution in [3.8, 4) is 17.2 Å². The number of hydrogen-bond acceptors (Lipinski definition) is 16. The maximum atomic E-state index is 14.4. The van der Waals surface area contributed by atoms with Gasteiger partial charge in [-0.3, -0.25) is 34.4 Å². The SMILES string of the molecule is COc1cc(C(C)OC(=O)Oc2ccc([N+](=O)[O-])cc2)c([N+](=O)[O-])cc1OCCN(C)CCNC(=O)C(CS(=O)(=O)O)NC1=C(/C=C2\N(C)c3ccccc3C2(C)C)C(=O)/C1=C\C1=[N+](C)c2ccccc2C1(C)C. The van der Waals surface area contributed by atoms with Crippen molar-refractivity contribution in [2.75, 3.05) is 65.1 Å². The van der Waals surface area contributed by atoms with Crippen molar-refractivity contribution in [3.63, 3.8) is 0 Å². The number of nitro benzene ring substituents is 2. The standard InChI is InChI=1S/C52H57N7O14S/c1-31(72-50(62)73-33-20-18-32(19-21-33)58(63)64)34-26-43(70-9)44(29-42(34)59(65)66)71-25-24-55(6)23-22-53-49(61)39(30-74(67,68)69)54-47-35(27-45-51(2,3)37-14-10-12-16-40(37)56(45)7)48(60)36(47)28-46-52(4,5)38-15-11-13-17-41(38)57(46)8/h10-21,26-29,31,39H,22-25,30H2,1-9H3,(H2-,53,54,60,61,67,68,69)/p+1. The average Bonchev–Trinajstić information content (AvgIpc) is 3.66. The Balaban J connectivity index is 1.04. The van der Waals surface area contributed by atoms with Crippen molar-refractivity contribution in [3.05, 3.63) is 157 Å². The number of likely N-dealkylation sites (N-methyl/N-ethyl adjacent to an activating group) is 2. The molecule has 0 radical (unpaired) electrons. The molecule has 3 N–H and O–H groups in total. The van der Waals surface area contributed by atoms with Gasteiger partial charge in [0.1, 0.15) is 37.3 Å². The number of rotatable bonds is 20. The zero-order valence-electron chi connectivity index (χ0n) is 42.3. The second-order valence-corrected chi connectivity index (χ2v) is 20.6. The summed E-state index contributed by atoms with van der Waals surface area (Å²) in [5.41, 5.74) is 4.60. The number of carbonyl (C=O) groups excluding carboxylic acids is 3. The molecule has 0 saturated carbocycles. The molecule has 21 nitrogen and oxygen atoms in total. The Bertz CT molecular complexity index is 3180. The van der Waals surface area contributed by atoms with Crippen LogP contribution in [0, 0.1) is 20.2 Å². The molecule has 2 heterocycles. The molecule has 2 unspecified atom stereocenters. The number of hydrogen-bond donors (Lipinski definition) is 3. The molecule has 0 fully saturated rings. The van der Waals surface area contributed by atoms with Crippen molar-refractivity contribution in [1.82, 2.24) is 15.5 Å². The fourth-order valence-corrected chi connectivity index (χ4v) is 10.1. The molecule has 0 aromatic heterocycles. The van der Waals surface area contributed by atoms with Gasteiger partial charge < -0.3 is 39.4 Å². The van der Waals surface area contributed by atoms with Crippen LogP contribution in [0.2, 0.25) is 0 Å². The van der Waals surface area contributed by atoms with Crippen molar-refractivity contribution < 1.29 is 60.7 Å². The highest BCUT2D eigenvalue weighted by atomic mass is 32.2. The molecule has 3 aliphatic rings. The summed E-state index contributed by atoms with van der Waals surface area (Å²) in [4.78, 5) is 66.6. The summed E-state index contributed by atoms with van der Waals surface area (Å²) in [6.07, 6.45) is 1.12. The zero-order chi connectivity index (χ0) is 54.0. The molecule has 4 aromatic rings. The third kappa shape index (κ3) is 11.2. The van der Waals surface area contributed by atoms with E-state index in [9.17, 15) is 47.6 Å². The van der Waals surface area contributed by atoms with E-state index in [2.05, 4.69) is 10.6 Å². The maximum Gasteiger partial charge on any atom is 0.514 e. The van der Waals surface area contributed by atoms with Crippen LogP contribution in [-0.2, 0) is 35.3 Å². The third-order valence-corrected chi connectivity index (χ3v) is 14.2. The highest BCUT2D eigenvalue weighted by Crippen LogP contribution is 2.48. The lowest BCUT2D eigenvalue weighted by atomic mass is 9.77. The summed E-state index contributed by atoms with van der Waals surface area (Å²) < 4.78 is 58.9. The largest absolute Gasteiger partial charge is 0.514 e. The average molecular weight is 1040 g/mol. The van der Waals surface area contributed by atoms with Crippen LogP contribution in [0.5, 0.6) is 17.2 Å². The summed E-state index contributed by atoms with van der Waals surface area (Å²) in [5.74, 6) is -2.03. The van der Waals surface area contributed by atoms with E-state index in [1.165, 1.54) is 32.2 Å². The minimum absolute atomic E-state index is 0.00964. The summed E-state index contributed by atoms with van der Waals surface area (Å²) in [6, 6.07) is 21.3. The number of ether oxygens (including phenoxy) is 4. The van der Waals surface area contributed by atoms with Crippen LogP contribution in [-0.4, -0.2) is 122 Å². The number of non-ortho nitro benzene ring substituents is 1. The number of amides is 1.